The van der Waals surface area contributed by atoms with Crippen molar-refractivity contribution in [1.29, 1.82) is 0 Å². The Morgan fingerprint density at radius 2 is 1.75 bits per heavy atom. The number of rotatable bonds is 4. The number of aliphatic carboxylic acids is 1. The number of benzene rings is 2. The fourth-order valence-corrected chi connectivity index (χ4v) is 4.14. The molecule has 0 saturated carbocycles. The average molecular weight is 378 g/mol. The van der Waals surface area contributed by atoms with Crippen LogP contribution >= 0.6 is 0 Å². The molecule has 1 heterocycles. The van der Waals surface area contributed by atoms with Crippen LogP contribution in [0, 0.1) is 0 Å². The average Bonchev–Trinajstić information content (AvgIpc) is 3.26. The van der Waals surface area contributed by atoms with Crippen molar-refractivity contribution in [2.45, 2.75) is 24.4 Å². The Morgan fingerprint density at radius 3 is 2.32 bits per heavy atom. The molecule has 2 aliphatic rings. The minimum atomic E-state index is -1.21. The van der Waals surface area contributed by atoms with Gasteiger partial charge in [-0.05, 0) is 34.2 Å². The molecule has 1 N–H and O–H groups in total. The summed E-state index contributed by atoms with van der Waals surface area (Å²) >= 11 is 0. The molecule has 1 aliphatic carbocycles. The van der Waals surface area contributed by atoms with Gasteiger partial charge in [0.25, 0.3) is 0 Å². The number of fused-ring (bicyclic) bond motifs is 3. The van der Waals surface area contributed by atoms with Crippen molar-refractivity contribution in [2.24, 2.45) is 5.11 Å². The highest BCUT2D eigenvalue weighted by atomic mass is 16.6. The Labute approximate surface area is 161 Å². The lowest BCUT2D eigenvalue weighted by atomic mass is 9.98. The van der Waals surface area contributed by atoms with Crippen LogP contribution in [0.1, 0.15) is 23.5 Å². The van der Waals surface area contributed by atoms with Crippen LogP contribution in [-0.4, -0.2) is 47.3 Å². The van der Waals surface area contributed by atoms with Crippen LogP contribution in [0.15, 0.2) is 53.6 Å². The summed E-state index contributed by atoms with van der Waals surface area (Å²) in [6, 6.07) is 14.0. The Balaban J connectivity index is 1.53. The molecule has 2 aromatic rings. The molecule has 1 fully saturated rings. The minimum absolute atomic E-state index is 0.102. The molecule has 0 aromatic heterocycles. The molecular formula is C20H18N4O4. The van der Waals surface area contributed by atoms with Gasteiger partial charge in [0.2, 0.25) is 0 Å². The fraction of sp³-hybridized carbons (Fsp3) is 0.300. The number of likely N-dealkylation sites (tertiary alicyclic amines) is 1. The highest BCUT2D eigenvalue weighted by Crippen LogP contribution is 2.44. The van der Waals surface area contributed by atoms with Crippen molar-refractivity contribution in [3.8, 4) is 11.1 Å². The van der Waals surface area contributed by atoms with E-state index in [0.717, 1.165) is 27.2 Å². The van der Waals surface area contributed by atoms with Crippen LogP contribution in [0.5, 0.6) is 0 Å². The largest absolute Gasteiger partial charge is 0.480 e. The maximum atomic E-state index is 12.6. The smallest absolute Gasteiger partial charge is 0.410 e. The predicted molar refractivity (Wildman–Crippen MR) is 101 cm³/mol. The molecule has 1 saturated heterocycles. The van der Waals surface area contributed by atoms with Gasteiger partial charge < -0.3 is 9.84 Å². The van der Waals surface area contributed by atoms with E-state index in [-0.39, 0.29) is 19.1 Å². The van der Waals surface area contributed by atoms with E-state index in [1.165, 1.54) is 0 Å². The summed E-state index contributed by atoms with van der Waals surface area (Å²) in [5, 5.41) is 12.9. The first-order chi connectivity index (χ1) is 13.6. The molecule has 0 spiro atoms. The van der Waals surface area contributed by atoms with Gasteiger partial charge in [-0.3, -0.25) is 4.90 Å². The van der Waals surface area contributed by atoms with Crippen LogP contribution in [-0.2, 0) is 9.53 Å². The molecule has 1 aliphatic heterocycles. The second-order valence-electron chi connectivity index (χ2n) is 6.84. The summed E-state index contributed by atoms with van der Waals surface area (Å²) in [6.07, 6.45) is -0.407. The number of azide groups is 1. The molecule has 142 valence electrons. The second kappa shape index (κ2) is 7.25. The predicted octanol–water partition coefficient (Wildman–Crippen LogP) is 3.77. The molecule has 8 nitrogen and oxygen atoms in total. The zero-order chi connectivity index (χ0) is 19.7. The summed E-state index contributed by atoms with van der Waals surface area (Å²) in [6.45, 7) is 0.291. The van der Waals surface area contributed by atoms with Crippen molar-refractivity contribution in [1.82, 2.24) is 4.90 Å². The number of carboxylic acids is 1. The molecule has 1 amide bonds. The van der Waals surface area contributed by atoms with Gasteiger partial charge in [-0.25, -0.2) is 9.59 Å². The van der Waals surface area contributed by atoms with Crippen LogP contribution in [0.2, 0.25) is 0 Å². The second-order valence-corrected chi connectivity index (χ2v) is 6.84. The van der Waals surface area contributed by atoms with Crippen molar-refractivity contribution in [3.63, 3.8) is 0 Å². The topological polar surface area (TPSA) is 116 Å². The molecular weight excluding hydrogens is 360 g/mol. The Hall–Kier alpha value is -3.51. The molecule has 0 bridgehead atoms. The van der Waals surface area contributed by atoms with Gasteiger partial charge in [0.15, 0.2) is 0 Å². The van der Waals surface area contributed by atoms with Crippen molar-refractivity contribution in [2.75, 3.05) is 13.2 Å². The van der Waals surface area contributed by atoms with Crippen molar-refractivity contribution < 1.29 is 19.4 Å². The minimum Gasteiger partial charge on any atom is -0.480 e. The number of nitrogens with zero attached hydrogens (tertiary/aromatic N) is 4. The summed E-state index contributed by atoms with van der Waals surface area (Å²) in [5.41, 5.74) is 13.0. The quantitative estimate of drug-likeness (QED) is 0.495. The highest BCUT2D eigenvalue weighted by Gasteiger charge is 2.42. The van der Waals surface area contributed by atoms with Gasteiger partial charge >= 0.3 is 12.1 Å². The molecule has 0 unspecified atom stereocenters. The lowest BCUT2D eigenvalue weighted by Crippen LogP contribution is -2.45. The Bertz CT molecular complexity index is 940. The number of hydrogen-bond donors (Lipinski definition) is 1. The fourth-order valence-electron chi connectivity index (χ4n) is 4.14. The van der Waals surface area contributed by atoms with Crippen LogP contribution in [0.25, 0.3) is 21.6 Å². The number of hydrogen-bond acceptors (Lipinski definition) is 4. The molecule has 28 heavy (non-hydrogen) atoms. The number of carbonyl (C=O) groups excluding carboxylic acids is 1. The van der Waals surface area contributed by atoms with E-state index in [1.807, 2.05) is 48.5 Å². The zero-order valence-corrected chi connectivity index (χ0v) is 14.9. The van der Waals surface area contributed by atoms with Gasteiger partial charge in [0, 0.05) is 17.4 Å². The summed E-state index contributed by atoms with van der Waals surface area (Å²) in [7, 11) is 0. The first-order valence-electron chi connectivity index (χ1n) is 9.00. The number of carbonyl (C=O) groups is 2. The van der Waals surface area contributed by atoms with E-state index in [9.17, 15) is 14.7 Å². The molecule has 0 radical (unpaired) electrons. The van der Waals surface area contributed by atoms with Crippen molar-refractivity contribution in [3.05, 3.63) is 70.1 Å². The monoisotopic (exact) mass is 378 g/mol. The van der Waals surface area contributed by atoms with E-state index >= 15 is 0 Å². The van der Waals surface area contributed by atoms with E-state index in [1.54, 1.807) is 0 Å². The Kier molecular flexibility index (Phi) is 4.63. The maximum absolute atomic E-state index is 12.6. The number of amides is 1. The molecule has 4 rings (SSSR count). The number of ether oxygens (including phenoxy) is 1. The summed E-state index contributed by atoms with van der Waals surface area (Å²) < 4.78 is 5.52. The van der Waals surface area contributed by atoms with Crippen molar-refractivity contribution >= 4 is 12.1 Å². The van der Waals surface area contributed by atoms with Crippen LogP contribution in [0.3, 0.4) is 0 Å². The highest BCUT2D eigenvalue weighted by molar-refractivity contribution is 5.82. The van der Waals surface area contributed by atoms with Gasteiger partial charge in [0.1, 0.15) is 12.6 Å². The molecule has 2 aromatic carbocycles. The summed E-state index contributed by atoms with van der Waals surface area (Å²) in [4.78, 5) is 28.0. The third kappa shape index (κ3) is 2.93. The first kappa shape index (κ1) is 17.9. The van der Waals surface area contributed by atoms with E-state index < -0.39 is 24.1 Å². The van der Waals surface area contributed by atoms with Gasteiger partial charge in [-0.2, -0.15) is 0 Å². The normalized spacial score (nSPS) is 20.2. The SMILES string of the molecule is [N-]=[N+]=N[C@@H]1CCN(C(=O)OCC2c3ccccc3-c3ccccc32)[C@@H]1C(=O)O. The van der Waals surface area contributed by atoms with Crippen LogP contribution < -0.4 is 0 Å². The standard InChI is InChI=1S/C20H18N4O4/c21-23-22-17-9-10-24(18(17)19(25)26)20(27)28-11-16-14-7-3-1-5-12(14)13-6-2-4-8-15(13)16/h1-8,16-18H,9-11H2,(H,25,26)/t17-,18+/m1/s1. The van der Waals surface area contributed by atoms with Gasteiger partial charge in [-0.15, -0.1) is 0 Å². The Morgan fingerprint density at radius 1 is 1.14 bits per heavy atom. The lowest BCUT2D eigenvalue weighted by Gasteiger charge is -2.23. The summed E-state index contributed by atoms with van der Waals surface area (Å²) in [5.74, 6) is -1.31. The zero-order valence-electron chi connectivity index (χ0n) is 14.9. The van der Waals surface area contributed by atoms with E-state index in [2.05, 4.69) is 10.0 Å². The third-order valence-corrected chi connectivity index (χ3v) is 5.39. The first-order valence-corrected chi connectivity index (χ1v) is 9.00. The molecule has 2 atom stereocenters. The van der Waals surface area contributed by atoms with Gasteiger partial charge in [0.05, 0.1) is 6.04 Å². The third-order valence-electron chi connectivity index (χ3n) is 5.39. The van der Waals surface area contributed by atoms with E-state index in [4.69, 9.17) is 10.3 Å². The lowest BCUT2D eigenvalue weighted by molar-refractivity contribution is -0.142. The maximum Gasteiger partial charge on any atom is 0.410 e. The van der Waals surface area contributed by atoms with Gasteiger partial charge in [-0.1, -0.05) is 53.6 Å². The van der Waals surface area contributed by atoms with Crippen LogP contribution in [0.4, 0.5) is 4.79 Å². The number of carboxylic acid groups (broad SMARTS) is 1. The molecule has 8 heteroatoms. The van der Waals surface area contributed by atoms with E-state index in [0.29, 0.717) is 6.42 Å².